The van der Waals surface area contributed by atoms with Crippen molar-refractivity contribution in [1.29, 1.82) is 0 Å². The molecule has 0 saturated heterocycles. The lowest BCUT2D eigenvalue weighted by atomic mass is 9.96. The minimum Gasteiger partial charge on any atom is -0.474 e. The quantitative estimate of drug-likeness (QED) is 0.112. The molecule has 0 aliphatic heterocycles. The number of alkyl halides is 6. The molecule has 2 N–H and O–H groups in total. The number of halogens is 9. The lowest BCUT2D eigenvalue weighted by molar-refractivity contribution is -0.146. The summed E-state index contributed by atoms with van der Waals surface area (Å²) >= 11 is 5.96. The third-order valence-electron chi connectivity index (χ3n) is 9.52. The first-order chi connectivity index (χ1) is 30.0. The Balaban J connectivity index is 0.000000189. The lowest BCUT2D eigenvalue weighted by Crippen LogP contribution is -2.26. The topological polar surface area (TPSA) is 180 Å². The van der Waals surface area contributed by atoms with Crippen LogP contribution in [0.3, 0.4) is 0 Å². The molecule has 0 spiro atoms. The van der Waals surface area contributed by atoms with Crippen molar-refractivity contribution in [2.45, 2.75) is 76.2 Å². The van der Waals surface area contributed by atoms with Gasteiger partial charge in [-0.3, -0.25) is 9.59 Å². The average molecular weight is 907 g/mol. The second-order valence-corrected chi connectivity index (χ2v) is 14.5. The van der Waals surface area contributed by atoms with Gasteiger partial charge in [-0.15, -0.1) is 0 Å². The number of hydrogen-bond donors (Lipinski definition) is 2. The van der Waals surface area contributed by atoms with Crippen LogP contribution in [0.2, 0.25) is 5.02 Å². The summed E-state index contributed by atoms with van der Waals surface area (Å²) in [6.07, 6.45) is -1.31. The number of nitrogens with zero attached hydrogens (tertiary/aromatic N) is 6. The summed E-state index contributed by atoms with van der Waals surface area (Å²) in [5, 5.41) is 11.0. The third kappa shape index (κ3) is 11.2. The Bertz CT molecular complexity index is 2580. The zero-order valence-electron chi connectivity index (χ0n) is 32.2. The van der Waals surface area contributed by atoms with Crippen LogP contribution in [0.15, 0.2) is 76.0 Å². The third-order valence-corrected chi connectivity index (χ3v) is 9.77. The minimum absolute atomic E-state index is 0.0150. The first kappa shape index (κ1) is 44.3. The van der Waals surface area contributed by atoms with Crippen LogP contribution in [0.25, 0.3) is 22.3 Å². The van der Waals surface area contributed by atoms with E-state index >= 15 is 0 Å². The van der Waals surface area contributed by atoms with E-state index in [1.54, 1.807) is 30.3 Å². The fourth-order valence-electron chi connectivity index (χ4n) is 5.74. The van der Waals surface area contributed by atoms with Gasteiger partial charge in [0.25, 0.3) is 23.5 Å². The Morgan fingerprint density at radius 3 is 1.49 bits per heavy atom. The standard InChI is InChI=1S/C20H16ClF3N4O3.C20H15F5N4O3/c21-13-6-4-11(5-7-13)15-8-12(9-26-18(15)30-14-2-1-3-14)17(29)25-10-16-27-19(28-31-16)20(22,23)24;21-14-5-4-10(7-15(14)22)13-6-11(8-27-18(13)31-12-2-1-3-12)17(30)26-9-16-28-19(29-32-16)20(23,24)25/h4-9,14H,1-3,10H2,(H,25,29);4-8,12H,1-3,9H2,(H,26,30). The van der Waals surface area contributed by atoms with Crippen molar-refractivity contribution in [2.75, 3.05) is 0 Å². The zero-order chi connectivity index (χ0) is 44.9. The Hall–Kier alpha value is -6.71. The second-order valence-electron chi connectivity index (χ2n) is 14.0. The molecule has 2 fully saturated rings. The molecule has 2 aromatic carbocycles. The van der Waals surface area contributed by atoms with Crippen molar-refractivity contribution in [3.8, 4) is 34.0 Å². The maximum Gasteiger partial charge on any atom is 0.455 e. The van der Waals surface area contributed by atoms with Crippen molar-refractivity contribution < 1.29 is 63.2 Å². The normalized spacial score (nSPS) is 14.2. The van der Waals surface area contributed by atoms with Crippen molar-refractivity contribution >= 4 is 23.4 Å². The number of amides is 2. The van der Waals surface area contributed by atoms with E-state index < -0.39 is 59.9 Å². The molecule has 0 atom stereocenters. The number of benzene rings is 2. The summed E-state index contributed by atoms with van der Waals surface area (Å²) in [6.45, 7) is -0.818. The van der Waals surface area contributed by atoms with Gasteiger partial charge in [0.2, 0.25) is 23.5 Å². The van der Waals surface area contributed by atoms with Crippen molar-refractivity contribution in [2.24, 2.45) is 0 Å². The first-order valence-corrected chi connectivity index (χ1v) is 19.3. The molecule has 0 unspecified atom stereocenters. The van der Waals surface area contributed by atoms with Gasteiger partial charge in [0.1, 0.15) is 12.2 Å². The van der Waals surface area contributed by atoms with E-state index in [0.717, 1.165) is 56.2 Å². The zero-order valence-corrected chi connectivity index (χ0v) is 33.0. The smallest absolute Gasteiger partial charge is 0.455 e. The molecular formula is C40H31ClF8N8O6. The van der Waals surface area contributed by atoms with Crippen LogP contribution in [-0.4, -0.2) is 54.3 Å². The van der Waals surface area contributed by atoms with Crippen LogP contribution in [0.5, 0.6) is 11.8 Å². The highest BCUT2D eigenvalue weighted by Crippen LogP contribution is 2.36. The van der Waals surface area contributed by atoms with Gasteiger partial charge in [-0.1, -0.05) is 40.1 Å². The Kier molecular flexibility index (Phi) is 13.2. The molecule has 4 heterocycles. The summed E-state index contributed by atoms with van der Waals surface area (Å²) < 4.78 is 123. The van der Waals surface area contributed by atoms with Gasteiger partial charge < -0.3 is 29.2 Å². The molecule has 2 aliphatic carbocycles. The maximum absolute atomic E-state index is 13.8. The van der Waals surface area contributed by atoms with Crippen molar-refractivity contribution in [3.05, 3.63) is 118 Å². The maximum atomic E-state index is 13.8. The number of nitrogens with one attached hydrogen (secondary N) is 2. The highest BCUT2D eigenvalue weighted by Gasteiger charge is 2.38. The van der Waals surface area contributed by atoms with E-state index in [-0.39, 0.29) is 52.8 Å². The molecule has 0 bridgehead atoms. The number of pyridine rings is 2. The number of rotatable bonds is 12. The molecule has 0 radical (unpaired) electrons. The summed E-state index contributed by atoms with van der Waals surface area (Å²) in [5.74, 6) is -6.49. The van der Waals surface area contributed by atoms with E-state index in [1.807, 2.05) is 0 Å². The Morgan fingerprint density at radius 2 is 1.10 bits per heavy atom. The van der Waals surface area contributed by atoms with Gasteiger partial charge in [-0.25, -0.2) is 18.7 Å². The summed E-state index contributed by atoms with van der Waals surface area (Å²) in [7, 11) is 0. The molecule has 330 valence electrons. The summed E-state index contributed by atoms with van der Waals surface area (Å²) in [4.78, 5) is 39.8. The van der Waals surface area contributed by atoms with Gasteiger partial charge in [-0.2, -0.15) is 36.3 Å². The van der Waals surface area contributed by atoms with Crippen LogP contribution in [-0.2, 0) is 25.4 Å². The van der Waals surface area contributed by atoms with E-state index in [0.29, 0.717) is 16.5 Å². The van der Waals surface area contributed by atoms with Crippen molar-refractivity contribution in [1.82, 2.24) is 40.9 Å². The van der Waals surface area contributed by atoms with Crippen LogP contribution >= 0.6 is 11.6 Å². The van der Waals surface area contributed by atoms with E-state index in [1.165, 1.54) is 24.5 Å². The number of ether oxygens (including phenoxy) is 2. The predicted octanol–water partition coefficient (Wildman–Crippen LogP) is 8.96. The van der Waals surface area contributed by atoms with Crippen molar-refractivity contribution in [3.63, 3.8) is 0 Å². The summed E-state index contributed by atoms with van der Waals surface area (Å²) in [5.41, 5.74) is 2.08. The van der Waals surface area contributed by atoms with Crippen LogP contribution in [0.1, 0.15) is 82.7 Å². The van der Waals surface area contributed by atoms with Gasteiger partial charge in [0.05, 0.1) is 24.2 Å². The average Bonchev–Trinajstić information content (AvgIpc) is 3.92. The first-order valence-electron chi connectivity index (χ1n) is 18.9. The number of hydrogen-bond acceptors (Lipinski definition) is 12. The Morgan fingerprint density at radius 1 is 0.651 bits per heavy atom. The van der Waals surface area contributed by atoms with E-state index in [9.17, 15) is 44.7 Å². The number of carbonyl (C=O) groups is 2. The second kappa shape index (κ2) is 18.7. The highest BCUT2D eigenvalue weighted by molar-refractivity contribution is 6.30. The molecular weight excluding hydrogens is 876 g/mol. The van der Waals surface area contributed by atoms with Crippen LogP contribution in [0.4, 0.5) is 35.1 Å². The van der Waals surface area contributed by atoms with Gasteiger partial charge >= 0.3 is 12.4 Å². The number of aromatic nitrogens is 6. The lowest BCUT2D eigenvalue weighted by Gasteiger charge is -2.26. The molecule has 4 aromatic heterocycles. The largest absolute Gasteiger partial charge is 0.474 e. The molecule has 2 aliphatic rings. The summed E-state index contributed by atoms with van der Waals surface area (Å²) in [6, 6.07) is 13.2. The monoisotopic (exact) mass is 906 g/mol. The molecule has 8 rings (SSSR count). The van der Waals surface area contributed by atoms with E-state index in [4.69, 9.17) is 21.1 Å². The molecule has 14 nitrogen and oxygen atoms in total. The molecule has 6 aromatic rings. The molecule has 2 amide bonds. The molecule has 23 heteroatoms. The molecule has 63 heavy (non-hydrogen) atoms. The van der Waals surface area contributed by atoms with E-state index in [2.05, 4.69) is 49.9 Å². The molecule has 2 saturated carbocycles. The van der Waals surface area contributed by atoms with Crippen LogP contribution < -0.4 is 20.1 Å². The highest BCUT2D eigenvalue weighted by atomic mass is 35.5. The van der Waals surface area contributed by atoms with Gasteiger partial charge in [-0.05, 0) is 86.1 Å². The SMILES string of the molecule is O=C(NCc1nc(C(F)(F)F)no1)c1cnc(OC2CCC2)c(-c2ccc(Cl)cc2)c1.O=C(NCc1nc(C(F)(F)F)no1)c1cnc(OC2CCC2)c(-c2ccc(F)c(F)c2)c1. The predicted molar refractivity (Wildman–Crippen MR) is 202 cm³/mol. The number of carbonyl (C=O) groups excluding carboxylic acids is 2. The fourth-order valence-corrected chi connectivity index (χ4v) is 5.87. The Labute approximate surface area is 355 Å². The van der Waals surface area contributed by atoms with Gasteiger partial charge in [0.15, 0.2) is 11.6 Å². The van der Waals surface area contributed by atoms with Crippen LogP contribution in [0, 0.1) is 11.6 Å². The fraction of sp³-hybridized carbons (Fsp3) is 0.300. The minimum atomic E-state index is -4.77. The van der Waals surface area contributed by atoms with Gasteiger partial charge in [0, 0.05) is 28.5 Å².